The molecule has 0 spiro atoms. The lowest BCUT2D eigenvalue weighted by molar-refractivity contribution is -0.137. The third-order valence-electron chi connectivity index (χ3n) is 1.93. The van der Waals surface area contributed by atoms with E-state index >= 15 is 0 Å². The number of rotatable bonds is 1. The van der Waals surface area contributed by atoms with Crippen LogP contribution >= 0.6 is 0 Å². The number of halogens is 4. The zero-order valence-electron chi connectivity index (χ0n) is 8.60. The van der Waals surface area contributed by atoms with Crippen LogP contribution in [0.2, 0.25) is 0 Å². The average molecular weight is 235 g/mol. The molecule has 0 saturated heterocycles. The maximum atomic E-state index is 13.2. The van der Waals surface area contributed by atoms with Crippen LogP contribution in [0.3, 0.4) is 0 Å². The minimum absolute atomic E-state index is 0.512. The molecule has 0 unspecified atom stereocenters. The Kier molecular flexibility index (Phi) is 3.21. The summed E-state index contributed by atoms with van der Waals surface area (Å²) in [7, 11) is 2.67. The standard InChI is InChI=1S/C10H9F4NO/c1-15(2)9(16)7-5-6(10(12,13)14)3-4-8(7)11/h3-5H,1-2H3. The molecule has 1 rings (SSSR count). The molecule has 0 aromatic heterocycles. The molecule has 0 heterocycles. The summed E-state index contributed by atoms with van der Waals surface area (Å²) in [5.74, 6) is -1.77. The van der Waals surface area contributed by atoms with E-state index in [4.69, 9.17) is 0 Å². The predicted molar refractivity (Wildman–Crippen MR) is 49.4 cm³/mol. The first-order valence-electron chi connectivity index (χ1n) is 4.32. The van der Waals surface area contributed by atoms with Crippen LogP contribution in [0.4, 0.5) is 17.6 Å². The van der Waals surface area contributed by atoms with Gasteiger partial charge in [-0.05, 0) is 18.2 Å². The molecule has 6 heteroatoms. The molecule has 0 N–H and O–H groups in total. The summed E-state index contributed by atoms with van der Waals surface area (Å²) in [6.07, 6.45) is -4.59. The number of amides is 1. The highest BCUT2D eigenvalue weighted by molar-refractivity contribution is 5.94. The smallest absolute Gasteiger partial charge is 0.345 e. The molecule has 16 heavy (non-hydrogen) atoms. The molecule has 1 aromatic carbocycles. The number of carbonyl (C=O) groups is 1. The molecule has 0 saturated carbocycles. The Morgan fingerprint density at radius 3 is 2.25 bits per heavy atom. The van der Waals surface area contributed by atoms with Gasteiger partial charge in [0.2, 0.25) is 0 Å². The molecule has 0 atom stereocenters. The molecule has 0 aliphatic rings. The molecular formula is C10H9F4NO. The van der Waals surface area contributed by atoms with Crippen LogP contribution in [-0.4, -0.2) is 24.9 Å². The second-order valence-electron chi connectivity index (χ2n) is 3.39. The minimum atomic E-state index is -4.59. The third kappa shape index (κ3) is 2.50. The van der Waals surface area contributed by atoms with Gasteiger partial charge in [0.25, 0.3) is 5.91 Å². The Bertz CT molecular complexity index is 412. The van der Waals surface area contributed by atoms with Crippen molar-refractivity contribution in [3.05, 3.63) is 35.1 Å². The highest BCUT2D eigenvalue weighted by Crippen LogP contribution is 2.30. The van der Waals surface area contributed by atoms with Gasteiger partial charge in [0.1, 0.15) is 5.82 Å². The summed E-state index contributed by atoms with van der Waals surface area (Å²) in [4.78, 5) is 12.4. The Labute approximate surface area is 89.5 Å². The number of carbonyl (C=O) groups excluding carboxylic acids is 1. The summed E-state index contributed by atoms with van der Waals surface area (Å²) in [5, 5.41) is 0. The van der Waals surface area contributed by atoms with Gasteiger partial charge in [0.05, 0.1) is 11.1 Å². The van der Waals surface area contributed by atoms with E-state index in [1.54, 1.807) is 0 Å². The Balaban J connectivity index is 3.25. The number of benzene rings is 1. The lowest BCUT2D eigenvalue weighted by Gasteiger charge is -2.13. The maximum Gasteiger partial charge on any atom is 0.416 e. The SMILES string of the molecule is CN(C)C(=O)c1cc(C(F)(F)F)ccc1F. The van der Waals surface area contributed by atoms with Crippen LogP contribution in [0.5, 0.6) is 0 Å². The third-order valence-corrected chi connectivity index (χ3v) is 1.93. The van der Waals surface area contributed by atoms with Gasteiger partial charge in [0.15, 0.2) is 0 Å². The first-order valence-corrected chi connectivity index (χ1v) is 4.32. The first kappa shape index (κ1) is 12.5. The van der Waals surface area contributed by atoms with Gasteiger partial charge >= 0.3 is 6.18 Å². The number of nitrogens with zero attached hydrogens (tertiary/aromatic N) is 1. The predicted octanol–water partition coefficient (Wildman–Crippen LogP) is 2.55. The number of hydrogen-bond donors (Lipinski definition) is 0. The van der Waals surface area contributed by atoms with E-state index in [9.17, 15) is 22.4 Å². The quantitative estimate of drug-likeness (QED) is 0.685. The molecule has 0 bridgehead atoms. The number of alkyl halides is 3. The summed E-state index contributed by atoms with van der Waals surface area (Å²) >= 11 is 0. The highest BCUT2D eigenvalue weighted by atomic mass is 19.4. The van der Waals surface area contributed by atoms with E-state index in [0.717, 1.165) is 4.90 Å². The van der Waals surface area contributed by atoms with Gasteiger partial charge < -0.3 is 4.90 Å². The van der Waals surface area contributed by atoms with Crippen molar-refractivity contribution in [1.29, 1.82) is 0 Å². The van der Waals surface area contributed by atoms with Gasteiger partial charge in [0, 0.05) is 14.1 Å². The average Bonchev–Trinajstić information content (AvgIpc) is 2.15. The fourth-order valence-corrected chi connectivity index (χ4v) is 1.11. The van der Waals surface area contributed by atoms with E-state index in [0.29, 0.717) is 18.2 Å². The van der Waals surface area contributed by atoms with E-state index in [-0.39, 0.29) is 0 Å². The van der Waals surface area contributed by atoms with Gasteiger partial charge in [-0.25, -0.2) is 4.39 Å². The fourth-order valence-electron chi connectivity index (χ4n) is 1.11. The second-order valence-corrected chi connectivity index (χ2v) is 3.39. The molecule has 1 aromatic rings. The van der Waals surface area contributed by atoms with Crippen molar-refractivity contribution in [2.45, 2.75) is 6.18 Å². The van der Waals surface area contributed by atoms with E-state index < -0.39 is 29.0 Å². The summed E-state index contributed by atoms with van der Waals surface area (Å²) in [6, 6.07) is 1.75. The van der Waals surface area contributed by atoms with Crippen LogP contribution in [0.1, 0.15) is 15.9 Å². The fraction of sp³-hybridized carbons (Fsp3) is 0.300. The lowest BCUT2D eigenvalue weighted by atomic mass is 10.1. The molecule has 0 fully saturated rings. The molecular weight excluding hydrogens is 226 g/mol. The van der Waals surface area contributed by atoms with Crippen molar-refractivity contribution in [3.8, 4) is 0 Å². The van der Waals surface area contributed by atoms with Crippen molar-refractivity contribution in [1.82, 2.24) is 4.90 Å². The van der Waals surface area contributed by atoms with Crippen LogP contribution in [0.15, 0.2) is 18.2 Å². The van der Waals surface area contributed by atoms with E-state index in [1.165, 1.54) is 14.1 Å². The monoisotopic (exact) mass is 235 g/mol. The van der Waals surface area contributed by atoms with Crippen molar-refractivity contribution >= 4 is 5.91 Å². The molecule has 0 aliphatic carbocycles. The summed E-state index contributed by atoms with van der Waals surface area (Å²) in [6.45, 7) is 0. The lowest BCUT2D eigenvalue weighted by Crippen LogP contribution is -2.23. The molecule has 0 aliphatic heterocycles. The van der Waals surface area contributed by atoms with Crippen molar-refractivity contribution in [2.24, 2.45) is 0 Å². The van der Waals surface area contributed by atoms with E-state index in [2.05, 4.69) is 0 Å². The van der Waals surface area contributed by atoms with Crippen molar-refractivity contribution in [3.63, 3.8) is 0 Å². The second kappa shape index (κ2) is 4.11. The van der Waals surface area contributed by atoms with Crippen LogP contribution in [-0.2, 0) is 6.18 Å². The molecule has 2 nitrogen and oxygen atoms in total. The molecule has 0 radical (unpaired) electrons. The van der Waals surface area contributed by atoms with Crippen molar-refractivity contribution in [2.75, 3.05) is 14.1 Å². The topological polar surface area (TPSA) is 20.3 Å². The Hall–Kier alpha value is -1.59. The normalized spacial score (nSPS) is 11.4. The summed E-state index contributed by atoms with van der Waals surface area (Å²) in [5.41, 5.74) is -1.63. The van der Waals surface area contributed by atoms with Gasteiger partial charge in [-0.3, -0.25) is 4.79 Å². The van der Waals surface area contributed by atoms with E-state index in [1.807, 2.05) is 0 Å². The largest absolute Gasteiger partial charge is 0.416 e. The zero-order valence-corrected chi connectivity index (χ0v) is 8.60. The van der Waals surface area contributed by atoms with Crippen LogP contribution in [0.25, 0.3) is 0 Å². The first-order chi connectivity index (χ1) is 7.23. The molecule has 1 amide bonds. The zero-order chi connectivity index (χ0) is 12.5. The number of hydrogen-bond acceptors (Lipinski definition) is 1. The van der Waals surface area contributed by atoms with Crippen LogP contribution < -0.4 is 0 Å². The van der Waals surface area contributed by atoms with Gasteiger partial charge in [-0.2, -0.15) is 13.2 Å². The van der Waals surface area contributed by atoms with Crippen molar-refractivity contribution < 1.29 is 22.4 Å². The molecule has 88 valence electrons. The summed E-state index contributed by atoms with van der Waals surface area (Å²) < 4.78 is 50.1. The van der Waals surface area contributed by atoms with Crippen LogP contribution in [0, 0.1) is 5.82 Å². The highest BCUT2D eigenvalue weighted by Gasteiger charge is 2.32. The van der Waals surface area contributed by atoms with Gasteiger partial charge in [-0.1, -0.05) is 0 Å². The Morgan fingerprint density at radius 1 is 1.25 bits per heavy atom. The van der Waals surface area contributed by atoms with Gasteiger partial charge in [-0.15, -0.1) is 0 Å². The Morgan fingerprint density at radius 2 is 1.81 bits per heavy atom. The minimum Gasteiger partial charge on any atom is -0.345 e. The maximum absolute atomic E-state index is 13.2.